The van der Waals surface area contributed by atoms with E-state index in [2.05, 4.69) is 18.8 Å². The monoisotopic (exact) mass is 261 g/mol. The Morgan fingerprint density at radius 1 is 1.22 bits per heavy atom. The Balaban J connectivity index is 2.15. The molecule has 1 atom stereocenters. The molecular weight excluding hydrogens is 242 g/mol. The molecular formula is C15H19NOS. The average Bonchev–Trinajstić information content (AvgIpc) is 2.37. The number of hydrogen-bond donors (Lipinski definition) is 1. The first-order chi connectivity index (χ1) is 8.68. The number of pyridine rings is 1. The molecule has 0 saturated carbocycles. The van der Waals surface area contributed by atoms with Crippen molar-refractivity contribution in [2.45, 2.75) is 20.0 Å². The molecule has 0 aliphatic heterocycles. The van der Waals surface area contributed by atoms with Crippen molar-refractivity contribution in [3.05, 3.63) is 42.2 Å². The smallest absolute Gasteiger partial charge is 0.0886 e. The van der Waals surface area contributed by atoms with Gasteiger partial charge in [0.05, 0.1) is 6.10 Å². The van der Waals surface area contributed by atoms with Gasteiger partial charge in [0, 0.05) is 23.5 Å². The molecule has 0 bridgehead atoms. The summed E-state index contributed by atoms with van der Waals surface area (Å²) in [7, 11) is 0. The van der Waals surface area contributed by atoms with Crippen molar-refractivity contribution in [1.29, 1.82) is 0 Å². The minimum Gasteiger partial charge on any atom is -0.388 e. The second kappa shape index (κ2) is 6.21. The van der Waals surface area contributed by atoms with Gasteiger partial charge in [0.25, 0.3) is 0 Å². The van der Waals surface area contributed by atoms with Gasteiger partial charge in [-0.2, -0.15) is 11.8 Å². The van der Waals surface area contributed by atoms with Crippen molar-refractivity contribution in [2.75, 3.05) is 11.5 Å². The Bertz CT molecular complexity index is 507. The number of aliphatic hydroxyl groups excluding tert-OH is 1. The maximum atomic E-state index is 10.3. The summed E-state index contributed by atoms with van der Waals surface area (Å²) in [6.45, 7) is 4.39. The Morgan fingerprint density at radius 2 is 2.06 bits per heavy atom. The van der Waals surface area contributed by atoms with E-state index in [-0.39, 0.29) is 0 Å². The number of hydrogen-bond acceptors (Lipinski definition) is 3. The van der Waals surface area contributed by atoms with E-state index < -0.39 is 6.10 Å². The number of thioether (sulfide) groups is 1. The lowest BCUT2D eigenvalue weighted by Gasteiger charge is -2.14. The molecule has 3 heteroatoms. The number of nitrogens with zero attached hydrogens (tertiary/aromatic N) is 1. The van der Waals surface area contributed by atoms with E-state index in [1.54, 1.807) is 6.20 Å². The van der Waals surface area contributed by atoms with Crippen molar-refractivity contribution in [3.8, 4) is 0 Å². The highest BCUT2D eigenvalue weighted by Crippen LogP contribution is 2.26. The third kappa shape index (κ3) is 3.24. The summed E-state index contributed by atoms with van der Waals surface area (Å²) in [6.07, 6.45) is 3.21. The summed E-state index contributed by atoms with van der Waals surface area (Å²) in [6, 6.07) is 7.99. The van der Waals surface area contributed by atoms with Gasteiger partial charge in [0.1, 0.15) is 0 Å². The fourth-order valence-electron chi connectivity index (χ4n) is 1.94. The molecule has 2 nitrogen and oxygen atoms in total. The first-order valence-electron chi connectivity index (χ1n) is 6.27. The van der Waals surface area contributed by atoms with Gasteiger partial charge in [-0.1, -0.05) is 32.0 Å². The largest absolute Gasteiger partial charge is 0.388 e. The highest BCUT2D eigenvalue weighted by molar-refractivity contribution is 7.99. The first-order valence-corrected chi connectivity index (χ1v) is 7.42. The molecule has 1 heterocycles. The van der Waals surface area contributed by atoms with Crippen molar-refractivity contribution < 1.29 is 5.11 Å². The summed E-state index contributed by atoms with van der Waals surface area (Å²) in [5, 5.41) is 12.5. The van der Waals surface area contributed by atoms with Crippen molar-refractivity contribution >= 4 is 22.5 Å². The average molecular weight is 261 g/mol. The lowest BCUT2D eigenvalue weighted by atomic mass is 10.0. The molecule has 0 fully saturated rings. The van der Waals surface area contributed by atoms with Crippen LogP contribution in [-0.2, 0) is 0 Å². The molecule has 0 spiro atoms. The summed E-state index contributed by atoms with van der Waals surface area (Å²) < 4.78 is 0. The number of fused-ring (bicyclic) bond motifs is 1. The Labute approximate surface area is 112 Å². The van der Waals surface area contributed by atoms with Gasteiger partial charge in [-0.25, -0.2) is 0 Å². The predicted octanol–water partition coefficient (Wildman–Crippen LogP) is 3.66. The predicted molar refractivity (Wildman–Crippen MR) is 78.9 cm³/mol. The van der Waals surface area contributed by atoms with Gasteiger partial charge in [-0.3, -0.25) is 4.98 Å². The van der Waals surface area contributed by atoms with Crippen molar-refractivity contribution in [1.82, 2.24) is 4.98 Å². The number of aromatic nitrogens is 1. The number of benzene rings is 1. The molecule has 18 heavy (non-hydrogen) atoms. The molecule has 96 valence electrons. The maximum absolute atomic E-state index is 10.3. The van der Waals surface area contributed by atoms with E-state index in [0.29, 0.717) is 5.92 Å². The Hall–Kier alpha value is -1.06. The minimum atomic E-state index is -0.403. The molecule has 1 aromatic heterocycles. The second-order valence-corrected chi connectivity index (χ2v) is 5.97. The van der Waals surface area contributed by atoms with Crippen LogP contribution >= 0.6 is 11.8 Å². The normalized spacial score (nSPS) is 13.1. The molecule has 1 aromatic carbocycles. The number of rotatable bonds is 5. The van der Waals surface area contributed by atoms with Crippen LogP contribution in [0.1, 0.15) is 25.5 Å². The quantitative estimate of drug-likeness (QED) is 0.891. The third-order valence-corrected chi connectivity index (χ3v) is 4.25. The topological polar surface area (TPSA) is 33.1 Å². The molecule has 2 rings (SSSR count). The van der Waals surface area contributed by atoms with Gasteiger partial charge in [-0.15, -0.1) is 0 Å². The maximum Gasteiger partial charge on any atom is 0.0886 e. The van der Waals surface area contributed by atoms with Gasteiger partial charge in [0.15, 0.2) is 0 Å². The molecule has 0 radical (unpaired) electrons. The first kappa shape index (κ1) is 13.4. The molecule has 1 unspecified atom stereocenters. The second-order valence-electron chi connectivity index (χ2n) is 4.89. The fourth-order valence-corrected chi connectivity index (χ4v) is 2.95. The van der Waals surface area contributed by atoms with Gasteiger partial charge in [-0.05, 0) is 28.7 Å². The summed E-state index contributed by atoms with van der Waals surface area (Å²) in [4.78, 5) is 4.11. The lowest BCUT2D eigenvalue weighted by Crippen LogP contribution is -2.03. The van der Waals surface area contributed by atoms with Crippen LogP contribution < -0.4 is 0 Å². The van der Waals surface area contributed by atoms with Crippen LogP contribution in [-0.4, -0.2) is 21.6 Å². The van der Waals surface area contributed by atoms with E-state index in [4.69, 9.17) is 0 Å². The highest BCUT2D eigenvalue weighted by Gasteiger charge is 2.11. The van der Waals surface area contributed by atoms with E-state index in [1.165, 1.54) is 0 Å². The zero-order valence-electron chi connectivity index (χ0n) is 10.8. The standard InChI is InChI=1S/C15H19NOS/c1-11(2)9-18-10-15(17)14-5-3-4-12-8-16-7-6-13(12)14/h3-8,11,15,17H,9-10H2,1-2H3. The van der Waals surface area contributed by atoms with Crippen LogP contribution in [0.3, 0.4) is 0 Å². The Morgan fingerprint density at radius 3 is 2.83 bits per heavy atom. The van der Waals surface area contributed by atoms with Crippen LogP contribution in [0.5, 0.6) is 0 Å². The molecule has 2 aromatic rings. The van der Waals surface area contributed by atoms with Crippen molar-refractivity contribution in [3.63, 3.8) is 0 Å². The summed E-state index contributed by atoms with van der Waals surface area (Å²) in [5.74, 6) is 2.50. The molecule has 0 amide bonds. The zero-order chi connectivity index (χ0) is 13.0. The van der Waals surface area contributed by atoms with E-state index >= 15 is 0 Å². The van der Waals surface area contributed by atoms with Crippen molar-refractivity contribution in [2.24, 2.45) is 5.92 Å². The molecule has 0 aliphatic rings. The number of aliphatic hydroxyl groups is 1. The van der Waals surface area contributed by atoms with Crippen LogP contribution in [0, 0.1) is 5.92 Å². The molecule has 0 aliphatic carbocycles. The van der Waals surface area contributed by atoms with Gasteiger partial charge >= 0.3 is 0 Å². The SMILES string of the molecule is CC(C)CSCC(O)c1cccc2cnccc12. The Kier molecular flexibility index (Phi) is 4.61. The van der Waals surface area contributed by atoms with Crippen LogP contribution in [0.2, 0.25) is 0 Å². The lowest BCUT2D eigenvalue weighted by molar-refractivity contribution is 0.205. The summed E-state index contributed by atoms with van der Waals surface area (Å²) in [5.41, 5.74) is 1.01. The third-order valence-electron chi connectivity index (χ3n) is 2.80. The van der Waals surface area contributed by atoms with Crippen LogP contribution in [0.4, 0.5) is 0 Å². The zero-order valence-corrected chi connectivity index (χ0v) is 11.7. The fraction of sp³-hybridized carbons (Fsp3) is 0.400. The minimum absolute atomic E-state index is 0.403. The van der Waals surface area contributed by atoms with E-state index in [9.17, 15) is 5.11 Å². The van der Waals surface area contributed by atoms with Gasteiger partial charge < -0.3 is 5.11 Å². The van der Waals surface area contributed by atoms with E-state index in [0.717, 1.165) is 27.8 Å². The van der Waals surface area contributed by atoms with Gasteiger partial charge in [0.2, 0.25) is 0 Å². The van der Waals surface area contributed by atoms with Crippen LogP contribution in [0.15, 0.2) is 36.7 Å². The molecule has 0 saturated heterocycles. The highest BCUT2D eigenvalue weighted by atomic mass is 32.2. The van der Waals surface area contributed by atoms with E-state index in [1.807, 2.05) is 42.2 Å². The van der Waals surface area contributed by atoms with Crippen LogP contribution in [0.25, 0.3) is 10.8 Å². The molecule has 1 N–H and O–H groups in total. The summed E-state index contributed by atoms with van der Waals surface area (Å²) >= 11 is 1.81.